The van der Waals surface area contributed by atoms with E-state index >= 15 is 0 Å². The summed E-state index contributed by atoms with van der Waals surface area (Å²) in [6.07, 6.45) is 0.204. The highest BCUT2D eigenvalue weighted by molar-refractivity contribution is 5.81. The van der Waals surface area contributed by atoms with Crippen molar-refractivity contribution in [2.24, 2.45) is 0 Å². The largest absolute Gasteiger partial charge is 0.497 e. The third-order valence-corrected chi connectivity index (χ3v) is 2.58. The van der Waals surface area contributed by atoms with Gasteiger partial charge in [0.25, 0.3) is 0 Å². The quantitative estimate of drug-likeness (QED) is 0.856. The maximum absolute atomic E-state index is 11.4. The van der Waals surface area contributed by atoms with Crippen LogP contribution in [0.1, 0.15) is 12.6 Å². The molecule has 0 aliphatic carbocycles. The Morgan fingerprint density at radius 2 is 2.05 bits per heavy atom. The zero-order valence-corrected chi connectivity index (χ0v) is 11.2. The number of methoxy groups -OCH3 is 1. The van der Waals surface area contributed by atoms with E-state index in [4.69, 9.17) is 9.47 Å². The normalized spacial score (nSPS) is 9.79. The highest BCUT2D eigenvalue weighted by atomic mass is 16.5. The van der Waals surface area contributed by atoms with Gasteiger partial charge in [0, 0.05) is 5.39 Å². The Kier molecular flexibility index (Phi) is 5.26. The molecule has 5 nitrogen and oxygen atoms in total. The molecule has 0 saturated carbocycles. The summed E-state index contributed by atoms with van der Waals surface area (Å²) >= 11 is 0. The summed E-state index contributed by atoms with van der Waals surface area (Å²) in [4.78, 5) is 15.8. The number of fused-ring (bicyclic) bond motifs is 1. The topological polar surface area (TPSA) is 83.4 Å². The van der Waals surface area contributed by atoms with Crippen LogP contribution in [0.15, 0.2) is 30.3 Å². The average Bonchev–Trinajstić information content (AvgIpc) is 2.38. The van der Waals surface area contributed by atoms with Gasteiger partial charge in [0.2, 0.25) is 0 Å². The lowest BCUT2D eigenvalue weighted by Crippen LogP contribution is -2.08. The van der Waals surface area contributed by atoms with Crippen LogP contribution < -0.4 is 10.9 Å². The molecule has 0 aliphatic rings. The van der Waals surface area contributed by atoms with Gasteiger partial charge in [0.05, 0.1) is 31.3 Å². The van der Waals surface area contributed by atoms with Crippen LogP contribution in [-0.2, 0) is 16.0 Å². The molecule has 1 aromatic carbocycles. The predicted octanol–water partition coefficient (Wildman–Crippen LogP) is 2.51. The number of benzene rings is 1. The summed E-state index contributed by atoms with van der Waals surface area (Å²) in [5, 5.41) is 0.988. The van der Waals surface area contributed by atoms with Crippen LogP contribution >= 0.6 is 0 Å². The molecule has 0 spiro atoms. The Bertz CT molecular complexity index is 570. The molecular weight excluding hydrogens is 244 g/mol. The fraction of sp³-hybridized carbons (Fsp3) is 0.286. The number of hydrogen-bond acceptors (Lipinski definition) is 5. The van der Waals surface area contributed by atoms with E-state index in [-0.39, 0.29) is 18.5 Å². The Balaban J connectivity index is 0.00000180. The van der Waals surface area contributed by atoms with E-state index < -0.39 is 0 Å². The van der Waals surface area contributed by atoms with Crippen LogP contribution in [0.25, 0.3) is 10.9 Å². The number of nitrogens with zero attached hydrogens (tertiary/aromatic N) is 1. The number of aromatic nitrogens is 1. The molecule has 0 atom stereocenters. The van der Waals surface area contributed by atoms with E-state index in [0.29, 0.717) is 12.3 Å². The number of pyridine rings is 1. The first kappa shape index (κ1) is 14.9. The Morgan fingerprint density at radius 1 is 1.26 bits per heavy atom. The van der Waals surface area contributed by atoms with Crippen molar-refractivity contribution in [1.82, 2.24) is 11.1 Å². The number of esters is 1. The maximum Gasteiger partial charge on any atom is 0.311 e. The second kappa shape index (κ2) is 6.70. The van der Waals surface area contributed by atoms with Crippen molar-refractivity contribution in [3.8, 4) is 5.75 Å². The van der Waals surface area contributed by atoms with Crippen molar-refractivity contribution < 1.29 is 14.3 Å². The van der Waals surface area contributed by atoms with Gasteiger partial charge in [-0.3, -0.25) is 9.78 Å². The van der Waals surface area contributed by atoms with Crippen LogP contribution in [0.4, 0.5) is 0 Å². The first-order valence-corrected chi connectivity index (χ1v) is 5.82. The van der Waals surface area contributed by atoms with E-state index in [0.717, 1.165) is 16.7 Å². The molecule has 0 radical (unpaired) electrons. The second-order valence-electron chi connectivity index (χ2n) is 3.84. The molecule has 2 aromatic rings. The molecule has 0 saturated heterocycles. The molecule has 0 unspecified atom stereocenters. The molecule has 1 aromatic heterocycles. The molecule has 3 N–H and O–H groups in total. The predicted molar refractivity (Wildman–Crippen MR) is 73.7 cm³/mol. The third kappa shape index (κ3) is 3.66. The fourth-order valence-corrected chi connectivity index (χ4v) is 1.73. The van der Waals surface area contributed by atoms with E-state index in [1.807, 2.05) is 30.3 Å². The minimum absolute atomic E-state index is 0. The van der Waals surface area contributed by atoms with E-state index in [2.05, 4.69) is 4.98 Å². The Labute approximate surface area is 112 Å². The number of carbonyl (C=O) groups excluding carboxylic acids is 1. The third-order valence-electron chi connectivity index (χ3n) is 2.58. The van der Waals surface area contributed by atoms with Gasteiger partial charge >= 0.3 is 5.97 Å². The van der Waals surface area contributed by atoms with Gasteiger partial charge in [-0.25, -0.2) is 0 Å². The van der Waals surface area contributed by atoms with E-state index in [1.54, 1.807) is 14.0 Å². The van der Waals surface area contributed by atoms with Gasteiger partial charge in [-0.05, 0) is 31.2 Å². The van der Waals surface area contributed by atoms with Crippen molar-refractivity contribution in [3.05, 3.63) is 36.0 Å². The SMILES string of the molecule is CCOC(=O)Cc1ccc2cc(OC)ccc2n1.N. The molecule has 1 heterocycles. The Morgan fingerprint density at radius 3 is 2.74 bits per heavy atom. The van der Waals surface area contributed by atoms with Crippen LogP contribution in [0.3, 0.4) is 0 Å². The number of hydrogen-bond donors (Lipinski definition) is 1. The lowest BCUT2D eigenvalue weighted by atomic mass is 10.1. The highest BCUT2D eigenvalue weighted by Crippen LogP contribution is 2.19. The Hall–Kier alpha value is -2.14. The van der Waals surface area contributed by atoms with Gasteiger partial charge < -0.3 is 15.6 Å². The van der Waals surface area contributed by atoms with Crippen molar-refractivity contribution in [1.29, 1.82) is 0 Å². The summed E-state index contributed by atoms with van der Waals surface area (Å²) in [7, 11) is 1.63. The lowest BCUT2D eigenvalue weighted by molar-refractivity contribution is -0.142. The minimum Gasteiger partial charge on any atom is -0.497 e. The van der Waals surface area contributed by atoms with Crippen LogP contribution in [-0.4, -0.2) is 24.7 Å². The van der Waals surface area contributed by atoms with Crippen molar-refractivity contribution in [2.45, 2.75) is 13.3 Å². The number of rotatable bonds is 4. The minimum atomic E-state index is -0.252. The standard InChI is InChI=1S/C14H15NO3.H3N/c1-3-18-14(16)9-11-5-4-10-8-12(17-2)6-7-13(10)15-11;/h4-8H,3,9H2,1-2H3;1H3. The summed E-state index contributed by atoms with van der Waals surface area (Å²) in [6.45, 7) is 2.18. The first-order valence-electron chi connectivity index (χ1n) is 5.82. The van der Waals surface area contributed by atoms with Crippen LogP contribution in [0.5, 0.6) is 5.75 Å². The number of carbonyl (C=O) groups is 1. The maximum atomic E-state index is 11.4. The van der Waals surface area contributed by atoms with Crippen LogP contribution in [0.2, 0.25) is 0 Å². The average molecular weight is 262 g/mol. The summed E-state index contributed by atoms with van der Waals surface area (Å²) in [5.41, 5.74) is 1.56. The van der Waals surface area contributed by atoms with Gasteiger partial charge in [-0.2, -0.15) is 0 Å². The summed E-state index contributed by atoms with van der Waals surface area (Å²) < 4.78 is 10.0. The van der Waals surface area contributed by atoms with Crippen molar-refractivity contribution >= 4 is 16.9 Å². The molecular formula is C14H18N2O3. The molecule has 0 amide bonds. The van der Waals surface area contributed by atoms with Gasteiger partial charge in [0.1, 0.15) is 5.75 Å². The molecule has 0 aliphatic heterocycles. The summed E-state index contributed by atoms with van der Waals surface area (Å²) in [5.74, 6) is 0.542. The lowest BCUT2D eigenvalue weighted by Gasteiger charge is -2.05. The zero-order valence-electron chi connectivity index (χ0n) is 11.2. The number of ether oxygens (including phenoxy) is 2. The van der Waals surface area contributed by atoms with Crippen molar-refractivity contribution in [2.75, 3.05) is 13.7 Å². The van der Waals surface area contributed by atoms with Crippen molar-refractivity contribution in [3.63, 3.8) is 0 Å². The molecule has 0 fully saturated rings. The fourth-order valence-electron chi connectivity index (χ4n) is 1.73. The second-order valence-corrected chi connectivity index (χ2v) is 3.84. The molecule has 2 rings (SSSR count). The first-order chi connectivity index (χ1) is 8.72. The summed E-state index contributed by atoms with van der Waals surface area (Å²) in [6, 6.07) is 9.40. The monoisotopic (exact) mass is 262 g/mol. The van der Waals surface area contributed by atoms with E-state index in [1.165, 1.54) is 0 Å². The van der Waals surface area contributed by atoms with E-state index in [9.17, 15) is 4.79 Å². The smallest absolute Gasteiger partial charge is 0.311 e. The molecule has 19 heavy (non-hydrogen) atoms. The van der Waals surface area contributed by atoms with Gasteiger partial charge in [-0.15, -0.1) is 0 Å². The highest BCUT2D eigenvalue weighted by Gasteiger charge is 2.06. The van der Waals surface area contributed by atoms with Crippen LogP contribution in [0, 0.1) is 0 Å². The molecule has 102 valence electrons. The molecule has 0 bridgehead atoms. The van der Waals surface area contributed by atoms with Gasteiger partial charge in [0.15, 0.2) is 0 Å². The zero-order chi connectivity index (χ0) is 13.0. The van der Waals surface area contributed by atoms with Gasteiger partial charge in [-0.1, -0.05) is 6.07 Å². The molecule has 5 heteroatoms.